The normalized spacial score (nSPS) is 10.9. The maximum atomic E-state index is 13.5. The van der Waals surface area contributed by atoms with Gasteiger partial charge in [-0.1, -0.05) is 18.5 Å². The molecule has 1 heterocycles. The fourth-order valence-corrected chi connectivity index (χ4v) is 2.49. The highest BCUT2D eigenvalue weighted by Gasteiger charge is 2.13. The maximum absolute atomic E-state index is 13.5. The molecule has 1 aromatic carbocycles. The van der Waals surface area contributed by atoms with Gasteiger partial charge in [0.05, 0.1) is 16.4 Å². The fraction of sp³-hybridized carbons (Fsp3) is 0.400. The number of halogens is 2. The molecule has 114 valence electrons. The summed E-state index contributed by atoms with van der Waals surface area (Å²) in [5.74, 6) is 0.134. The van der Waals surface area contributed by atoms with E-state index in [0.717, 1.165) is 23.4 Å². The van der Waals surface area contributed by atoms with Gasteiger partial charge in [-0.05, 0) is 37.1 Å². The van der Waals surface area contributed by atoms with Crippen molar-refractivity contribution in [2.75, 3.05) is 6.54 Å². The third-order valence-electron chi connectivity index (χ3n) is 3.24. The van der Waals surface area contributed by atoms with E-state index in [-0.39, 0.29) is 12.4 Å². The fourth-order valence-electron chi connectivity index (χ4n) is 2.14. The summed E-state index contributed by atoms with van der Waals surface area (Å²) in [5.41, 5.74) is 7.92. The SMILES string of the molecule is CCc1nn(C)c(COc2cc(F)cc(CCN)c2)c1Cl. The second-order valence-corrected chi connectivity index (χ2v) is 5.19. The van der Waals surface area contributed by atoms with Gasteiger partial charge in [0.2, 0.25) is 0 Å². The smallest absolute Gasteiger partial charge is 0.131 e. The lowest BCUT2D eigenvalue weighted by atomic mass is 10.1. The van der Waals surface area contributed by atoms with E-state index in [1.165, 1.54) is 12.1 Å². The van der Waals surface area contributed by atoms with Crippen LogP contribution in [-0.2, 0) is 26.5 Å². The number of benzene rings is 1. The number of nitrogens with zero attached hydrogens (tertiary/aromatic N) is 2. The van der Waals surface area contributed by atoms with Crippen molar-refractivity contribution < 1.29 is 9.13 Å². The number of aryl methyl sites for hydroxylation is 2. The molecule has 0 aliphatic rings. The first-order chi connectivity index (χ1) is 10.0. The zero-order valence-electron chi connectivity index (χ0n) is 12.2. The second kappa shape index (κ2) is 6.91. The van der Waals surface area contributed by atoms with E-state index in [2.05, 4.69) is 5.10 Å². The molecule has 0 bridgehead atoms. The van der Waals surface area contributed by atoms with Gasteiger partial charge in [0.1, 0.15) is 18.2 Å². The summed E-state index contributed by atoms with van der Waals surface area (Å²) < 4.78 is 20.9. The number of hydrogen-bond acceptors (Lipinski definition) is 3. The third kappa shape index (κ3) is 3.74. The highest BCUT2D eigenvalue weighted by molar-refractivity contribution is 6.31. The van der Waals surface area contributed by atoms with Gasteiger partial charge in [0, 0.05) is 13.1 Å². The minimum Gasteiger partial charge on any atom is -0.487 e. The molecule has 0 amide bonds. The number of aromatic nitrogens is 2. The summed E-state index contributed by atoms with van der Waals surface area (Å²) >= 11 is 6.25. The van der Waals surface area contributed by atoms with Crippen molar-refractivity contribution in [3.63, 3.8) is 0 Å². The Morgan fingerprint density at radius 1 is 1.38 bits per heavy atom. The molecule has 4 nitrogen and oxygen atoms in total. The molecule has 0 aliphatic heterocycles. The van der Waals surface area contributed by atoms with Crippen LogP contribution >= 0.6 is 11.6 Å². The van der Waals surface area contributed by atoms with Crippen LogP contribution in [0.4, 0.5) is 4.39 Å². The molecule has 0 spiro atoms. The zero-order chi connectivity index (χ0) is 15.4. The molecule has 0 unspecified atom stereocenters. The van der Waals surface area contributed by atoms with Crippen LogP contribution in [0.2, 0.25) is 5.02 Å². The molecule has 0 saturated carbocycles. The van der Waals surface area contributed by atoms with Gasteiger partial charge >= 0.3 is 0 Å². The van der Waals surface area contributed by atoms with E-state index in [4.69, 9.17) is 22.1 Å². The molecular formula is C15H19ClFN3O. The first-order valence-corrected chi connectivity index (χ1v) is 7.25. The second-order valence-electron chi connectivity index (χ2n) is 4.81. The van der Waals surface area contributed by atoms with Crippen LogP contribution in [0.25, 0.3) is 0 Å². The van der Waals surface area contributed by atoms with Crippen LogP contribution in [-0.4, -0.2) is 16.3 Å². The van der Waals surface area contributed by atoms with Crippen LogP contribution in [0.1, 0.15) is 23.9 Å². The highest BCUT2D eigenvalue weighted by Crippen LogP contribution is 2.23. The Morgan fingerprint density at radius 2 is 2.14 bits per heavy atom. The number of ether oxygens (including phenoxy) is 1. The predicted octanol–water partition coefficient (Wildman–Crippen LogP) is 2.86. The van der Waals surface area contributed by atoms with Crippen molar-refractivity contribution in [1.82, 2.24) is 9.78 Å². The molecular weight excluding hydrogens is 293 g/mol. The molecule has 1 aromatic heterocycles. The largest absolute Gasteiger partial charge is 0.487 e. The maximum Gasteiger partial charge on any atom is 0.131 e. The highest BCUT2D eigenvalue weighted by atomic mass is 35.5. The lowest BCUT2D eigenvalue weighted by Gasteiger charge is -2.09. The van der Waals surface area contributed by atoms with Crippen molar-refractivity contribution in [2.24, 2.45) is 12.8 Å². The number of rotatable bonds is 6. The third-order valence-corrected chi connectivity index (χ3v) is 3.68. The van der Waals surface area contributed by atoms with Crippen molar-refractivity contribution in [3.05, 3.63) is 46.0 Å². The van der Waals surface area contributed by atoms with Crippen LogP contribution in [0.3, 0.4) is 0 Å². The van der Waals surface area contributed by atoms with Crippen molar-refractivity contribution in [2.45, 2.75) is 26.4 Å². The Labute approximate surface area is 128 Å². The molecule has 2 rings (SSSR count). The van der Waals surface area contributed by atoms with Gasteiger partial charge < -0.3 is 10.5 Å². The molecule has 2 aromatic rings. The average Bonchev–Trinajstić information content (AvgIpc) is 2.71. The van der Waals surface area contributed by atoms with Crippen molar-refractivity contribution >= 4 is 11.6 Å². The van der Waals surface area contributed by atoms with Crippen LogP contribution in [0.15, 0.2) is 18.2 Å². The van der Waals surface area contributed by atoms with Gasteiger partial charge in [-0.25, -0.2) is 4.39 Å². The molecule has 0 atom stereocenters. The lowest BCUT2D eigenvalue weighted by Crippen LogP contribution is -2.05. The summed E-state index contributed by atoms with van der Waals surface area (Å²) in [5, 5.41) is 4.93. The first-order valence-electron chi connectivity index (χ1n) is 6.87. The van der Waals surface area contributed by atoms with Crippen molar-refractivity contribution in [1.29, 1.82) is 0 Å². The standard InChI is InChI=1S/C15H19ClFN3O/c1-3-13-15(16)14(20(2)19-13)9-21-12-7-10(4-5-18)6-11(17)8-12/h6-8H,3-5,9,18H2,1-2H3. The Kier molecular flexibility index (Phi) is 5.20. The van der Waals surface area contributed by atoms with E-state index in [1.807, 2.05) is 14.0 Å². The molecule has 21 heavy (non-hydrogen) atoms. The molecule has 6 heteroatoms. The first kappa shape index (κ1) is 15.8. The predicted molar refractivity (Wildman–Crippen MR) is 81.1 cm³/mol. The van der Waals surface area contributed by atoms with Crippen LogP contribution in [0, 0.1) is 5.82 Å². The Morgan fingerprint density at radius 3 is 2.76 bits per heavy atom. The number of nitrogens with two attached hydrogens (primary N) is 1. The molecule has 0 radical (unpaired) electrons. The van der Waals surface area contributed by atoms with Crippen molar-refractivity contribution in [3.8, 4) is 5.75 Å². The Balaban J connectivity index is 2.14. The Hall–Kier alpha value is -1.59. The van der Waals surface area contributed by atoms with Gasteiger partial charge in [-0.3, -0.25) is 4.68 Å². The topological polar surface area (TPSA) is 53.1 Å². The summed E-state index contributed by atoms with van der Waals surface area (Å²) in [7, 11) is 1.81. The van der Waals surface area contributed by atoms with Gasteiger partial charge in [-0.2, -0.15) is 5.10 Å². The minimum absolute atomic E-state index is 0.244. The lowest BCUT2D eigenvalue weighted by molar-refractivity contribution is 0.293. The van der Waals surface area contributed by atoms with Crippen LogP contribution < -0.4 is 10.5 Å². The van der Waals surface area contributed by atoms with E-state index >= 15 is 0 Å². The average molecular weight is 312 g/mol. The van der Waals surface area contributed by atoms with Crippen LogP contribution in [0.5, 0.6) is 5.75 Å². The number of hydrogen-bond donors (Lipinski definition) is 1. The minimum atomic E-state index is -0.332. The van der Waals surface area contributed by atoms with Gasteiger partial charge in [0.15, 0.2) is 0 Å². The van der Waals surface area contributed by atoms with E-state index < -0.39 is 0 Å². The van der Waals surface area contributed by atoms with E-state index in [9.17, 15) is 4.39 Å². The molecule has 0 fully saturated rings. The van der Waals surface area contributed by atoms with E-state index in [1.54, 1.807) is 10.7 Å². The Bertz CT molecular complexity index is 628. The zero-order valence-corrected chi connectivity index (χ0v) is 13.0. The summed E-state index contributed by atoms with van der Waals surface area (Å²) in [6, 6.07) is 4.61. The molecule has 0 saturated heterocycles. The van der Waals surface area contributed by atoms with E-state index in [0.29, 0.717) is 23.7 Å². The monoisotopic (exact) mass is 311 g/mol. The summed E-state index contributed by atoms with van der Waals surface area (Å²) in [6.45, 7) is 2.70. The molecule has 0 aliphatic carbocycles. The van der Waals surface area contributed by atoms with Gasteiger partial charge in [-0.15, -0.1) is 0 Å². The quantitative estimate of drug-likeness (QED) is 0.892. The summed E-state index contributed by atoms with van der Waals surface area (Å²) in [6.07, 6.45) is 1.37. The molecule has 2 N–H and O–H groups in total. The summed E-state index contributed by atoms with van der Waals surface area (Å²) in [4.78, 5) is 0. The van der Waals surface area contributed by atoms with Gasteiger partial charge in [0.25, 0.3) is 0 Å².